The van der Waals surface area contributed by atoms with Crippen LogP contribution in [0.15, 0.2) is 36.4 Å². The van der Waals surface area contributed by atoms with Crippen LogP contribution in [-0.2, 0) is 0 Å². The van der Waals surface area contributed by atoms with E-state index in [-0.39, 0.29) is 0 Å². The van der Waals surface area contributed by atoms with Crippen LogP contribution in [0.4, 0.5) is 0 Å². The highest BCUT2D eigenvalue weighted by molar-refractivity contribution is 5.31. The molecule has 0 N–H and O–H groups in total. The van der Waals surface area contributed by atoms with Crippen LogP contribution in [0.1, 0.15) is 26.2 Å². The van der Waals surface area contributed by atoms with E-state index in [2.05, 4.69) is 13.5 Å². The van der Waals surface area contributed by atoms with Gasteiger partial charge >= 0.3 is 0 Å². The number of hydrogen-bond donors (Lipinski definition) is 0. The largest absolute Gasteiger partial charge is 0.497 e. The summed E-state index contributed by atoms with van der Waals surface area (Å²) in [5, 5.41) is 0. The summed E-state index contributed by atoms with van der Waals surface area (Å²) in [6.07, 6.45) is 3.30. The zero-order valence-corrected chi connectivity index (χ0v) is 10.2. The van der Waals surface area contributed by atoms with Crippen molar-refractivity contribution in [3.63, 3.8) is 0 Å². The number of ether oxygens (including phenoxy) is 2. The molecule has 0 fully saturated rings. The molecular formula is C14H20O2. The van der Waals surface area contributed by atoms with Gasteiger partial charge in [-0.2, -0.15) is 0 Å². The van der Waals surface area contributed by atoms with Crippen LogP contribution in [0.2, 0.25) is 0 Å². The van der Waals surface area contributed by atoms with E-state index in [0.29, 0.717) is 0 Å². The number of benzene rings is 1. The van der Waals surface area contributed by atoms with Gasteiger partial charge in [-0.15, -0.1) is 6.58 Å². The fraction of sp³-hybridized carbons (Fsp3) is 0.429. The van der Waals surface area contributed by atoms with E-state index in [9.17, 15) is 0 Å². The maximum Gasteiger partial charge on any atom is 0.119 e. The maximum atomic E-state index is 5.60. The molecule has 0 aliphatic carbocycles. The maximum absolute atomic E-state index is 5.60. The van der Waals surface area contributed by atoms with Gasteiger partial charge in [0.1, 0.15) is 11.5 Å². The van der Waals surface area contributed by atoms with Crippen LogP contribution in [0, 0.1) is 0 Å². The van der Waals surface area contributed by atoms with Crippen LogP contribution in [0.25, 0.3) is 0 Å². The summed E-state index contributed by atoms with van der Waals surface area (Å²) < 4.78 is 10.7. The van der Waals surface area contributed by atoms with E-state index < -0.39 is 0 Å². The molecular weight excluding hydrogens is 200 g/mol. The van der Waals surface area contributed by atoms with Crippen molar-refractivity contribution in [3.05, 3.63) is 36.4 Å². The lowest BCUT2D eigenvalue weighted by Crippen LogP contribution is -1.97. The molecule has 1 rings (SSSR count). The van der Waals surface area contributed by atoms with Gasteiger partial charge in [0.05, 0.1) is 13.7 Å². The molecule has 0 heterocycles. The molecule has 1 aromatic carbocycles. The van der Waals surface area contributed by atoms with Crippen molar-refractivity contribution in [2.75, 3.05) is 13.7 Å². The first-order valence-corrected chi connectivity index (χ1v) is 5.63. The second kappa shape index (κ2) is 6.94. The Balaban J connectivity index is 2.19. The minimum Gasteiger partial charge on any atom is -0.497 e. The van der Waals surface area contributed by atoms with Gasteiger partial charge in [0, 0.05) is 0 Å². The summed E-state index contributed by atoms with van der Waals surface area (Å²) in [6, 6.07) is 7.67. The van der Waals surface area contributed by atoms with Crippen LogP contribution in [0.5, 0.6) is 11.5 Å². The molecule has 2 nitrogen and oxygen atoms in total. The van der Waals surface area contributed by atoms with E-state index in [4.69, 9.17) is 9.47 Å². The number of unbranched alkanes of at least 4 members (excludes halogenated alkanes) is 1. The average molecular weight is 220 g/mol. The van der Waals surface area contributed by atoms with Gasteiger partial charge in [-0.1, -0.05) is 5.57 Å². The molecule has 0 amide bonds. The SMILES string of the molecule is C=C(C)CCCCOc1ccc(OC)cc1. The van der Waals surface area contributed by atoms with Crippen molar-refractivity contribution in [2.24, 2.45) is 0 Å². The average Bonchev–Trinajstić information content (AvgIpc) is 2.29. The minimum absolute atomic E-state index is 0.764. The third-order valence-electron chi connectivity index (χ3n) is 2.33. The Hall–Kier alpha value is -1.44. The standard InChI is InChI=1S/C14H20O2/c1-12(2)6-4-5-11-16-14-9-7-13(15-3)8-10-14/h7-10H,1,4-6,11H2,2-3H3. The van der Waals surface area contributed by atoms with Crippen molar-refractivity contribution in [2.45, 2.75) is 26.2 Å². The van der Waals surface area contributed by atoms with Crippen molar-refractivity contribution in [1.29, 1.82) is 0 Å². The molecule has 0 aliphatic heterocycles. The van der Waals surface area contributed by atoms with Gasteiger partial charge in [0.25, 0.3) is 0 Å². The topological polar surface area (TPSA) is 18.5 Å². The van der Waals surface area contributed by atoms with Gasteiger partial charge < -0.3 is 9.47 Å². The quantitative estimate of drug-likeness (QED) is 0.513. The highest BCUT2D eigenvalue weighted by atomic mass is 16.5. The van der Waals surface area contributed by atoms with Gasteiger partial charge in [-0.25, -0.2) is 0 Å². The minimum atomic E-state index is 0.764. The van der Waals surface area contributed by atoms with Crippen molar-refractivity contribution >= 4 is 0 Å². The summed E-state index contributed by atoms with van der Waals surface area (Å²) >= 11 is 0. The smallest absolute Gasteiger partial charge is 0.119 e. The van der Waals surface area contributed by atoms with Crippen molar-refractivity contribution in [1.82, 2.24) is 0 Å². The van der Waals surface area contributed by atoms with Crippen LogP contribution < -0.4 is 9.47 Å². The third kappa shape index (κ3) is 4.87. The first-order valence-electron chi connectivity index (χ1n) is 5.63. The summed E-state index contributed by atoms with van der Waals surface area (Å²) in [5.41, 5.74) is 1.24. The summed E-state index contributed by atoms with van der Waals surface area (Å²) in [6.45, 7) is 6.70. The predicted octanol–water partition coefficient (Wildman–Crippen LogP) is 3.82. The Kier molecular flexibility index (Phi) is 5.48. The Morgan fingerprint density at radius 3 is 2.31 bits per heavy atom. The van der Waals surface area contributed by atoms with E-state index in [1.54, 1.807) is 7.11 Å². The van der Waals surface area contributed by atoms with Gasteiger partial charge in [0.2, 0.25) is 0 Å². The van der Waals surface area contributed by atoms with E-state index in [1.165, 1.54) is 5.57 Å². The molecule has 0 radical (unpaired) electrons. The van der Waals surface area contributed by atoms with Crippen LogP contribution in [-0.4, -0.2) is 13.7 Å². The Bertz CT molecular complexity index is 314. The fourth-order valence-electron chi connectivity index (χ4n) is 1.39. The first-order chi connectivity index (χ1) is 7.72. The third-order valence-corrected chi connectivity index (χ3v) is 2.33. The number of hydrogen-bond acceptors (Lipinski definition) is 2. The molecule has 0 atom stereocenters. The lowest BCUT2D eigenvalue weighted by molar-refractivity contribution is 0.306. The molecule has 0 spiro atoms. The molecule has 0 bridgehead atoms. The Morgan fingerprint density at radius 2 is 1.75 bits per heavy atom. The molecule has 0 aliphatic rings. The van der Waals surface area contributed by atoms with Crippen LogP contribution in [0.3, 0.4) is 0 Å². The second-order valence-electron chi connectivity index (χ2n) is 3.94. The molecule has 2 heteroatoms. The normalized spacial score (nSPS) is 9.88. The molecule has 0 saturated carbocycles. The predicted molar refractivity (Wildman–Crippen MR) is 67.2 cm³/mol. The van der Waals surface area contributed by atoms with Crippen molar-refractivity contribution < 1.29 is 9.47 Å². The highest BCUT2D eigenvalue weighted by Crippen LogP contribution is 2.17. The van der Waals surface area contributed by atoms with E-state index in [1.807, 2.05) is 24.3 Å². The summed E-state index contributed by atoms with van der Waals surface area (Å²) in [7, 11) is 1.66. The highest BCUT2D eigenvalue weighted by Gasteiger charge is 1.95. The Morgan fingerprint density at radius 1 is 1.12 bits per heavy atom. The van der Waals surface area contributed by atoms with Gasteiger partial charge in [-0.05, 0) is 50.5 Å². The summed E-state index contributed by atoms with van der Waals surface area (Å²) in [5.74, 6) is 1.76. The van der Waals surface area contributed by atoms with Gasteiger partial charge in [0.15, 0.2) is 0 Å². The fourth-order valence-corrected chi connectivity index (χ4v) is 1.39. The monoisotopic (exact) mass is 220 g/mol. The van der Waals surface area contributed by atoms with E-state index >= 15 is 0 Å². The molecule has 1 aromatic rings. The lowest BCUT2D eigenvalue weighted by atomic mass is 10.1. The first kappa shape index (κ1) is 12.6. The molecule has 16 heavy (non-hydrogen) atoms. The molecule has 0 aromatic heterocycles. The molecule has 0 saturated heterocycles. The zero-order chi connectivity index (χ0) is 11.8. The lowest BCUT2D eigenvalue weighted by Gasteiger charge is -2.06. The number of methoxy groups -OCH3 is 1. The van der Waals surface area contributed by atoms with Crippen LogP contribution >= 0.6 is 0 Å². The molecule has 88 valence electrons. The van der Waals surface area contributed by atoms with Gasteiger partial charge in [-0.3, -0.25) is 0 Å². The molecule has 0 unspecified atom stereocenters. The van der Waals surface area contributed by atoms with E-state index in [0.717, 1.165) is 37.4 Å². The number of rotatable bonds is 7. The second-order valence-corrected chi connectivity index (χ2v) is 3.94. The van der Waals surface area contributed by atoms with Crippen molar-refractivity contribution in [3.8, 4) is 11.5 Å². The zero-order valence-electron chi connectivity index (χ0n) is 10.2. The number of allylic oxidation sites excluding steroid dienone is 1. The summed E-state index contributed by atoms with van der Waals surface area (Å²) in [4.78, 5) is 0. The Labute approximate surface area is 97.9 Å².